The molecule has 23 heavy (non-hydrogen) atoms. The molecule has 140 valence electrons. The Morgan fingerprint density at radius 1 is 0.696 bits per heavy atom. The highest BCUT2D eigenvalue weighted by molar-refractivity contribution is 4.65. The fourth-order valence-corrected chi connectivity index (χ4v) is 3.19. The van der Waals surface area contributed by atoms with E-state index in [4.69, 9.17) is 11.5 Å². The van der Waals surface area contributed by atoms with Crippen molar-refractivity contribution in [3.05, 3.63) is 0 Å². The van der Waals surface area contributed by atoms with Crippen molar-refractivity contribution in [2.45, 2.75) is 103 Å². The van der Waals surface area contributed by atoms with E-state index < -0.39 is 0 Å². The lowest BCUT2D eigenvalue weighted by Crippen LogP contribution is -2.37. The molecule has 0 aromatic heterocycles. The van der Waals surface area contributed by atoms with E-state index in [0.29, 0.717) is 0 Å². The molecule has 0 bridgehead atoms. The molecule has 3 heteroatoms. The molecule has 0 heterocycles. The molecule has 0 saturated heterocycles. The smallest absolute Gasteiger partial charge is 0.0139 e. The van der Waals surface area contributed by atoms with Crippen LogP contribution in [0.5, 0.6) is 0 Å². The monoisotopic (exact) mass is 327 g/mol. The predicted octanol–water partition coefficient (Wildman–Crippen LogP) is 4.69. The molecule has 0 aliphatic heterocycles. The lowest BCUT2D eigenvalue weighted by molar-refractivity contribution is 0.253. The van der Waals surface area contributed by atoms with Crippen LogP contribution in [0.1, 0.15) is 97.3 Å². The van der Waals surface area contributed by atoms with Gasteiger partial charge in [-0.1, -0.05) is 77.6 Å². The van der Waals surface area contributed by atoms with E-state index >= 15 is 0 Å². The van der Waals surface area contributed by atoms with Gasteiger partial charge in [0.1, 0.15) is 0 Å². The van der Waals surface area contributed by atoms with Crippen molar-refractivity contribution >= 4 is 0 Å². The number of unbranched alkanes of at least 4 members (excludes halogenated alkanes) is 11. The summed E-state index contributed by atoms with van der Waals surface area (Å²) in [5.74, 6) is 0. The second-order valence-electron chi connectivity index (χ2n) is 7.31. The van der Waals surface area contributed by atoms with Crippen molar-refractivity contribution in [2.24, 2.45) is 11.5 Å². The van der Waals surface area contributed by atoms with E-state index in [1.54, 1.807) is 0 Å². The maximum atomic E-state index is 5.93. The van der Waals surface area contributed by atoms with E-state index in [-0.39, 0.29) is 6.04 Å². The first-order valence-corrected chi connectivity index (χ1v) is 10.4. The second kappa shape index (κ2) is 18.2. The Morgan fingerprint density at radius 2 is 1.13 bits per heavy atom. The zero-order chi connectivity index (χ0) is 17.2. The van der Waals surface area contributed by atoms with Gasteiger partial charge in [0.05, 0.1) is 0 Å². The number of rotatable bonds is 18. The van der Waals surface area contributed by atoms with Crippen LogP contribution in [0.25, 0.3) is 0 Å². The summed E-state index contributed by atoms with van der Waals surface area (Å²) >= 11 is 0. The standard InChI is InChI=1S/C20H45N3/c1-3-4-5-6-7-8-9-10-11-12-13-14-17-23(18-15-16-21)19-20(2)22/h20H,3-19,21-22H2,1-2H3. The van der Waals surface area contributed by atoms with Gasteiger partial charge in [-0.05, 0) is 39.4 Å². The van der Waals surface area contributed by atoms with Crippen molar-refractivity contribution in [1.82, 2.24) is 4.90 Å². The maximum absolute atomic E-state index is 5.93. The van der Waals surface area contributed by atoms with Gasteiger partial charge in [0.2, 0.25) is 0 Å². The van der Waals surface area contributed by atoms with Gasteiger partial charge in [0.15, 0.2) is 0 Å². The first-order chi connectivity index (χ1) is 11.2. The molecule has 4 N–H and O–H groups in total. The van der Waals surface area contributed by atoms with Crippen molar-refractivity contribution in [1.29, 1.82) is 0 Å². The SMILES string of the molecule is CCCCCCCCCCCCCCN(CCCN)CC(C)N. The van der Waals surface area contributed by atoms with Crippen LogP contribution in [-0.4, -0.2) is 37.1 Å². The van der Waals surface area contributed by atoms with Gasteiger partial charge in [-0.2, -0.15) is 0 Å². The summed E-state index contributed by atoms with van der Waals surface area (Å²) in [6.45, 7) is 8.48. The zero-order valence-electron chi connectivity index (χ0n) is 16.2. The van der Waals surface area contributed by atoms with Gasteiger partial charge in [-0.3, -0.25) is 0 Å². The third kappa shape index (κ3) is 18.1. The van der Waals surface area contributed by atoms with Crippen molar-refractivity contribution in [2.75, 3.05) is 26.2 Å². The minimum absolute atomic E-state index is 0.269. The molecule has 0 radical (unpaired) electrons. The molecule has 0 amide bonds. The first-order valence-electron chi connectivity index (χ1n) is 10.4. The van der Waals surface area contributed by atoms with Crippen LogP contribution in [0.15, 0.2) is 0 Å². The highest BCUT2D eigenvalue weighted by Crippen LogP contribution is 2.12. The van der Waals surface area contributed by atoms with E-state index in [2.05, 4.69) is 18.7 Å². The summed E-state index contributed by atoms with van der Waals surface area (Å²) in [7, 11) is 0. The molecule has 1 atom stereocenters. The van der Waals surface area contributed by atoms with Crippen molar-refractivity contribution in [3.63, 3.8) is 0 Å². The molecule has 0 aromatic rings. The lowest BCUT2D eigenvalue weighted by atomic mass is 10.1. The summed E-state index contributed by atoms with van der Waals surface area (Å²) in [6.07, 6.45) is 18.0. The summed E-state index contributed by atoms with van der Waals surface area (Å²) in [4.78, 5) is 2.49. The van der Waals surface area contributed by atoms with Gasteiger partial charge in [0.25, 0.3) is 0 Å². The average molecular weight is 328 g/mol. The van der Waals surface area contributed by atoms with Gasteiger partial charge >= 0.3 is 0 Å². The van der Waals surface area contributed by atoms with Crippen molar-refractivity contribution < 1.29 is 0 Å². The molecule has 1 unspecified atom stereocenters. The highest BCUT2D eigenvalue weighted by atomic mass is 15.1. The first kappa shape index (κ1) is 22.9. The van der Waals surface area contributed by atoms with Gasteiger partial charge in [0, 0.05) is 12.6 Å². The Bertz CT molecular complexity index is 219. The molecule has 0 rings (SSSR count). The minimum atomic E-state index is 0.269. The van der Waals surface area contributed by atoms with Crippen LogP contribution in [-0.2, 0) is 0 Å². The van der Waals surface area contributed by atoms with Crippen LogP contribution in [0.3, 0.4) is 0 Å². The second-order valence-corrected chi connectivity index (χ2v) is 7.31. The molecule has 0 aliphatic rings. The highest BCUT2D eigenvalue weighted by Gasteiger charge is 2.06. The maximum Gasteiger partial charge on any atom is 0.0139 e. The van der Waals surface area contributed by atoms with Crippen LogP contribution in [0.4, 0.5) is 0 Å². The van der Waals surface area contributed by atoms with E-state index in [1.807, 2.05) is 0 Å². The molecule has 0 aliphatic carbocycles. The van der Waals surface area contributed by atoms with E-state index in [0.717, 1.165) is 26.1 Å². The normalized spacial score (nSPS) is 12.9. The quantitative estimate of drug-likeness (QED) is 0.359. The Labute approximate surface area is 146 Å². The Hall–Kier alpha value is -0.120. The molecule has 0 aromatic carbocycles. The summed E-state index contributed by atoms with van der Waals surface area (Å²) in [6, 6.07) is 0.269. The number of nitrogens with zero attached hydrogens (tertiary/aromatic N) is 1. The van der Waals surface area contributed by atoms with Crippen LogP contribution in [0.2, 0.25) is 0 Å². The van der Waals surface area contributed by atoms with Crippen LogP contribution in [0, 0.1) is 0 Å². The average Bonchev–Trinajstić information content (AvgIpc) is 2.52. The molecular formula is C20H45N3. The Morgan fingerprint density at radius 3 is 1.57 bits per heavy atom. The van der Waals surface area contributed by atoms with Crippen LogP contribution >= 0.6 is 0 Å². The van der Waals surface area contributed by atoms with Gasteiger partial charge < -0.3 is 16.4 Å². The van der Waals surface area contributed by atoms with Gasteiger partial charge in [-0.15, -0.1) is 0 Å². The number of hydrogen-bond donors (Lipinski definition) is 2. The largest absolute Gasteiger partial charge is 0.330 e. The van der Waals surface area contributed by atoms with Crippen molar-refractivity contribution in [3.8, 4) is 0 Å². The number of hydrogen-bond acceptors (Lipinski definition) is 3. The molecule has 3 nitrogen and oxygen atoms in total. The van der Waals surface area contributed by atoms with E-state index in [9.17, 15) is 0 Å². The Balaban J connectivity index is 3.35. The summed E-state index contributed by atoms with van der Waals surface area (Å²) in [5, 5.41) is 0. The lowest BCUT2D eigenvalue weighted by Gasteiger charge is -2.23. The van der Waals surface area contributed by atoms with E-state index in [1.165, 1.54) is 83.6 Å². The molecule has 0 spiro atoms. The third-order valence-corrected chi connectivity index (χ3v) is 4.55. The minimum Gasteiger partial charge on any atom is -0.330 e. The molecule has 0 saturated carbocycles. The third-order valence-electron chi connectivity index (χ3n) is 4.55. The topological polar surface area (TPSA) is 55.3 Å². The molecule has 0 fully saturated rings. The number of nitrogens with two attached hydrogens (primary N) is 2. The fraction of sp³-hybridized carbons (Fsp3) is 1.00. The Kier molecular flexibility index (Phi) is 18.1. The summed E-state index contributed by atoms with van der Waals surface area (Å²) in [5.41, 5.74) is 11.5. The zero-order valence-corrected chi connectivity index (χ0v) is 16.2. The van der Waals surface area contributed by atoms with Crippen LogP contribution < -0.4 is 11.5 Å². The van der Waals surface area contributed by atoms with Gasteiger partial charge in [-0.25, -0.2) is 0 Å². The summed E-state index contributed by atoms with van der Waals surface area (Å²) < 4.78 is 0. The predicted molar refractivity (Wildman–Crippen MR) is 105 cm³/mol. The molecular weight excluding hydrogens is 282 g/mol. The fourth-order valence-electron chi connectivity index (χ4n) is 3.19.